The first-order chi connectivity index (χ1) is 10.3. The van der Waals surface area contributed by atoms with Gasteiger partial charge in [-0.2, -0.15) is 0 Å². The standard InChI is InChI=1S/C17H18N2O2/c1-18-8-9-19(15-5-3-2-4-13(15)11-18)14-6-7-16-17(10-14)21-12-20-16/h2-7,10H,8-9,11-12H2,1H3. The van der Waals surface area contributed by atoms with Gasteiger partial charge in [0.25, 0.3) is 0 Å². The van der Waals surface area contributed by atoms with Gasteiger partial charge in [0, 0.05) is 37.1 Å². The van der Waals surface area contributed by atoms with Gasteiger partial charge in [0.2, 0.25) is 6.79 Å². The van der Waals surface area contributed by atoms with E-state index in [1.807, 2.05) is 6.07 Å². The second-order valence-electron chi connectivity index (χ2n) is 5.56. The van der Waals surface area contributed by atoms with Gasteiger partial charge in [-0.1, -0.05) is 18.2 Å². The van der Waals surface area contributed by atoms with Crippen LogP contribution in [0.5, 0.6) is 11.5 Å². The molecule has 2 aromatic rings. The average Bonchev–Trinajstić information content (AvgIpc) is 2.89. The lowest BCUT2D eigenvalue weighted by Crippen LogP contribution is -2.26. The fourth-order valence-corrected chi connectivity index (χ4v) is 2.99. The summed E-state index contributed by atoms with van der Waals surface area (Å²) >= 11 is 0. The summed E-state index contributed by atoms with van der Waals surface area (Å²) in [6, 6.07) is 14.8. The highest BCUT2D eigenvalue weighted by atomic mass is 16.7. The van der Waals surface area contributed by atoms with Gasteiger partial charge in [-0.05, 0) is 30.8 Å². The Bertz CT molecular complexity index is 672. The van der Waals surface area contributed by atoms with Crippen molar-refractivity contribution in [2.24, 2.45) is 0 Å². The second-order valence-corrected chi connectivity index (χ2v) is 5.56. The number of anilines is 2. The summed E-state index contributed by atoms with van der Waals surface area (Å²) in [6.07, 6.45) is 0. The molecule has 4 heteroatoms. The number of fused-ring (bicyclic) bond motifs is 2. The van der Waals surface area contributed by atoms with E-state index in [1.54, 1.807) is 0 Å². The van der Waals surface area contributed by atoms with Gasteiger partial charge in [0.05, 0.1) is 0 Å². The van der Waals surface area contributed by atoms with Crippen molar-refractivity contribution in [2.75, 3.05) is 31.8 Å². The number of benzene rings is 2. The lowest BCUT2D eigenvalue weighted by molar-refractivity contribution is 0.174. The molecular formula is C17H18N2O2. The Morgan fingerprint density at radius 3 is 2.76 bits per heavy atom. The van der Waals surface area contributed by atoms with Crippen molar-refractivity contribution in [2.45, 2.75) is 6.54 Å². The predicted molar refractivity (Wildman–Crippen MR) is 82.3 cm³/mol. The van der Waals surface area contributed by atoms with Crippen LogP contribution in [-0.2, 0) is 6.54 Å². The Hall–Kier alpha value is -2.20. The van der Waals surface area contributed by atoms with Crippen LogP contribution in [0.4, 0.5) is 11.4 Å². The van der Waals surface area contributed by atoms with Crippen LogP contribution in [0.3, 0.4) is 0 Å². The highest BCUT2D eigenvalue weighted by Gasteiger charge is 2.21. The highest BCUT2D eigenvalue weighted by Crippen LogP contribution is 2.38. The average molecular weight is 282 g/mol. The normalized spacial score (nSPS) is 17.5. The molecule has 0 unspecified atom stereocenters. The van der Waals surface area contributed by atoms with Gasteiger partial charge in [-0.15, -0.1) is 0 Å². The van der Waals surface area contributed by atoms with Crippen molar-refractivity contribution in [1.82, 2.24) is 4.90 Å². The zero-order valence-corrected chi connectivity index (χ0v) is 12.1. The van der Waals surface area contributed by atoms with E-state index in [9.17, 15) is 0 Å². The number of nitrogens with zero attached hydrogens (tertiary/aromatic N) is 2. The molecule has 0 spiro atoms. The zero-order chi connectivity index (χ0) is 14.2. The minimum atomic E-state index is 0.318. The molecule has 21 heavy (non-hydrogen) atoms. The SMILES string of the molecule is CN1CCN(c2ccc3c(c2)OCO3)c2ccccc2C1. The maximum atomic E-state index is 5.51. The molecule has 0 aromatic heterocycles. The van der Waals surface area contributed by atoms with Crippen molar-refractivity contribution in [3.63, 3.8) is 0 Å². The van der Waals surface area contributed by atoms with Gasteiger partial charge in [0.15, 0.2) is 11.5 Å². The molecule has 0 aliphatic carbocycles. The Morgan fingerprint density at radius 2 is 1.81 bits per heavy atom. The summed E-state index contributed by atoms with van der Waals surface area (Å²) < 4.78 is 10.9. The van der Waals surface area contributed by atoms with Crippen molar-refractivity contribution in [1.29, 1.82) is 0 Å². The lowest BCUT2D eigenvalue weighted by Gasteiger charge is -2.25. The van der Waals surface area contributed by atoms with Crippen LogP contribution in [0, 0.1) is 0 Å². The van der Waals surface area contributed by atoms with E-state index in [2.05, 4.69) is 53.2 Å². The smallest absolute Gasteiger partial charge is 0.231 e. The van der Waals surface area contributed by atoms with Crippen LogP contribution in [-0.4, -0.2) is 31.8 Å². The highest BCUT2D eigenvalue weighted by molar-refractivity contribution is 5.69. The molecule has 0 amide bonds. The Kier molecular flexibility index (Phi) is 2.97. The van der Waals surface area contributed by atoms with E-state index in [4.69, 9.17) is 9.47 Å². The molecule has 2 heterocycles. The van der Waals surface area contributed by atoms with E-state index >= 15 is 0 Å². The molecule has 2 aliphatic rings. The summed E-state index contributed by atoms with van der Waals surface area (Å²) in [4.78, 5) is 4.71. The monoisotopic (exact) mass is 282 g/mol. The third-order valence-electron chi connectivity index (χ3n) is 4.10. The fraction of sp³-hybridized carbons (Fsp3) is 0.294. The minimum Gasteiger partial charge on any atom is -0.454 e. The quantitative estimate of drug-likeness (QED) is 0.803. The van der Waals surface area contributed by atoms with Gasteiger partial charge in [-0.25, -0.2) is 0 Å². The summed E-state index contributed by atoms with van der Waals surface area (Å²) in [5, 5.41) is 0. The molecule has 0 saturated carbocycles. The molecule has 0 N–H and O–H groups in total. The summed E-state index contributed by atoms with van der Waals surface area (Å²) in [6.45, 7) is 3.30. The molecule has 108 valence electrons. The number of ether oxygens (including phenoxy) is 2. The maximum absolute atomic E-state index is 5.51. The number of hydrogen-bond acceptors (Lipinski definition) is 4. The van der Waals surface area contributed by atoms with Crippen LogP contribution in [0.2, 0.25) is 0 Å². The van der Waals surface area contributed by atoms with Crippen LogP contribution in [0.25, 0.3) is 0 Å². The topological polar surface area (TPSA) is 24.9 Å². The van der Waals surface area contributed by atoms with Crippen molar-refractivity contribution in [3.05, 3.63) is 48.0 Å². The van der Waals surface area contributed by atoms with Gasteiger partial charge in [0.1, 0.15) is 0 Å². The van der Waals surface area contributed by atoms with E-state index < -0.39 is 0 Å². The van der Waals surface area contributed by atoms with E-state index in [1.165, 1.54) is 11.3 Å². The first-order valence-corrected chi connectivity index (χ1v) is 7.25. The fourth-order valence-electron chi connectivity index (χ4n) is 2.99. The van der Waals surface area contributed by atoms with E-state index in [0.717, 1.165) is 36.8 Å². The Labute approximate surface area is 124 Å². The number of para-hydroxylation sites is 1. The Balaban J connectivity index is 1.77. The third-order valence-corrected chi connectivity index (χ3v) is 4.10. The van der Waals surface area contributed by atoms with E-state index in [-0.39, 0.29) is 0 Å². The number of likely N-dealkylation sites (N-methyl/N-ethyl adjacent to an activating group) is 1. The zero-order valence-electron chi connectivity index (χ0n) is 12.1. The van der Waals surface area contributed by atoms with Gasteiger partial charge in [-0.3, -0.25) is 0 Å². The minimum absolute atomic E-state index is 0.318. The molecule has 0 saturated heterocycles. The van der Waals surface area contributed by atoms with Gasteiger partial charge < -0.3 is 19.3 Å². The lowest BCUT2D eigenvalue weighted by atomic mass is 10.1. The second kappa shape index (κ2) is 4.97. The van der Waals surface area contributed by atoms with Crippen LogP contribution >= 0.6 is 0 Å². The molecule has 4 rings (SSSR count). The van der Waals surface area contributed by atoms with Gasteiger partial charge >= 0.3 is 0 Å². The molecular weight excluding hydrogens is 264 g/mol. The third kappa shape index (κ3) is 2.21. The molecule has 0 bridgehead atoms. The van der Waals surface area contributed by atoms with Crippen LogP contribution in [0.15, 0.2) is 42.5 Å². The maximum Gasteiger partial charge on any atom is 0.231 e. The number of hydrogen-bond donors (Lipinski definition) is 0. The number of rotatable bonds is 1. The predicted octanol–water partition coefficient (Wildman–Crippen LogP) is 3.00. The summed E-state index contributed by atoms with van der Waals surface area (Å²) in [5.74, 6) is 1.67. The van der Waals surface area contributed by atoms with E-state index in [0.29, 0.717) is 6.79 Å². The first kappa shape index (κ1) is 12.5. The summed E-state index contributed by atoms with van der Waals surface area (Å²) in [7, 11) is 2.17. The van der Waals surface area contributed by atoms with Crippen molar-refractivity contribution < 1.29 is 9.47 Å². The van der Waals surface area contributed by atoms with Crippen LogP contribution < -0.4 is 14.4 Å². The Morgan fingerprint density at radius 1 is 0.952 bits per heavy atom. The summed E-state index contributed by atoms with van der Waals surface area (Å²) in [5.41, 5.74) is 3.79. The first-order valence-electron chi connectivity index (χ1n) is 7.25. The molecule has 2 aliphatic heterocycles. The molecule has 4 nitrogen and oxygen atoms in total. The molecule has 2 aromatic carbocycles. The molecule has 0 atom stereocenters. The van der Waals surface area contributed by atoms with Crippen LogP contribution in [0.1, 0.15) is 5.56 Å². The van der Waals surface area contributed by atoms with Crippen molar-refractivity contribution in [3.8, 4) is 11.5 Å². The molecule has 0 radical (unpaired) electrons. The van der Waals surface area contributed by atoms with Crippen molar-refractivity contribution >= 4 is 11.4 Å². The largest absolute Gasteiger partial charge is 0.454 e. The molecule has 0 fully saturated rings.